The van der Waals surface area contributed by atoms with E-state index in [-0.39, 0.29) is 11.5 Å². The SMILES string of the molecule is Cc1cncn(CCNC(=O)c2ccc3cc[nH]c3c2)c1=O. The number of carbonyl (C=O) groups is 1. The molecule has 6 nitrogen and oxygen atoms in total. The molecule has 2 aromatic heterocycles. The zero-order valence-electron chi connectivity index (χ0n) is 12.2. The number of H-pyrrole nitrogens is 1. The number of nitrogens with zero attached hydrogens (tertiary/aromatic N) is 2. The van der Waals surface area contributed by atoms with E-state index in [1.54, 1.807) is 13.0 Å². The lowest BCUT2D eigenvalue weighted by Gasteiger charge is -2.08. The minimum atomic E-state index is -0.162. The minimum absolute atomic E-state index is 0.0861. The Kier molecular flexibility index (Phi) is 3.74. The summed E-state index contributed by atoms with van der Waals surface area (Å²) in [4.78, 5) is 31.0. The highest BCUT2D eigenvalue weighted by molar-refractivity contribution is 5.97. The normalized spacial score (nSPS) is 10.8. The first-order chi connectivity index (χ1) is 10.6. The van der Waals surface area contributed by atoms with Crippen LogP contribution in [0, 0.1) is 6.92 Å². The summed E-state index contributed by atoms with van der Waals surface area (Å²) in [6.45, 7) is 2.48. The molecular formula is C16H16N4O2. The molecule has 0 saturated carbocycles. The van der Waals surface area contributed by atoms with Crippen molar-refractivity contribution < 1.29 is 4.79 Å². The molecule has 0 aliphatic rings. The molecule has 3 aromatic rings. The molecule has 2 heterocycles. The highest BCUT2D eigenvalue weighted by atomic mass is 16.1. The third kappa shape index (κ3) is 2.76. The Morgan fingerprint density at radius 1 is 1.36 bits per heavy atom. The molecule has 1 amide bonds. The second-order valence-corrected chi connectivity index (χ2v) is 5.11. The van der Waals surface area contributed by atoms with Gasteiger partial charge in [-0.25, -0.2) is 4.98 Å². The largest absolute Gasteiger partial charge is 0.361 e. The molecule has 0 fully saturated rings. The third-order valence-corrected chi connectivity index (χ3v) is 3.53. The van der Waals surface area contributed by atoms with Crippen LogP contribution in [-0.2, 0) is 6.54 Å². The number of rotatable bonds is 4. The molecule has 112 valence electrons. The third-order valence-electron chi connectivity index (χ3n) is 3.53. The first-order valence-corrected chi connectivity index (χ1v) is 7.01. The lowest BCUT2D eigenvalue weighted by atomic mass is 10.1. The Labute approximate surface area is 126 Å². The van der Waals surface area contributed by atoms with Gasteiger partial charge in [0, 0.05) is 42.1 Å². The molecule has 2 N–H and O–H groups in total. The standard InChI is InChI=1S/C16H16N4O2/c1-11-9-17-10-20(16(11)22)7-6-19-15(21)13-3-2-12-4-5-18-14(12)8-13/h2-5,8-10,18H,6-7H2,1H3,(H,19,21). The molecule has 0 unspecified atom stereocenters. The van der Waals surface area contributed by atoms with Gasteiger partial charge < -0.3 is 10.3 Å². The van der Waals surface area contributed by atoms with Crippen LogP contribution in [0.3, 0.4) is 0 Å². The Bertz CT molecular complexity index is 879. The van der Waals surface area contributed by atoms with Crippen LogP contribution >= 0.6 is 0 Å². The van der Waals surface area contributed by atoms with Gasteiger partial charge in [-0.1, -0.05) is 6.07 Å². The van der Waals surface area contributed by atoms with E-state index in [9.17, 15) is 9.59 Å². The number of benzene rings is 1. The van der Waals surface area contributed by atoms with Crippen LogP contribution in [0.25, 0.3) is 10.9 Å². The maximum absolute atomic E-state index is 12.1. The predicted octanol–water partition coefficient (Wildman–Crippen LogP) is 1.46. The minimum Gasteiger partial charge on any atom is -0.361 e. The average molecular weight is 296 g/mol. The van der Waals surface area contributed by atoms with E-state index < -0.39 is 0 Å². The lowest BCUT2D eigenvalue weighted by molar-refractivity contribution is 0.0952. The molecular weight excluding hydrogens is 280 g/mol. The number of hydrogen-bond donors (Lipinski definition) is 2. The van der Waals surface area contributed by atoms with E-state index in [1.807, 2.05) is 24.4 Å². The number of hydrogen-bond acceptors (Lipinski definition) is 3. The topological polar surface area (TPSA) is 79.8 Å². The van der Waals surface area contributed by atoms with Crippen LogP contribution < -0.4 is 10.9 Å². The van der Waals surface area contributed by atoms with E-state index >= 15 is 0 Å². The van der Waals surface area contributed by atoms with Gasteiger partial charge in [-0.05, 0) is 30.5 Å². The number of aryl methyl sites for hydroxylation is 1. The van der Waals surface area contributed by atoms with Crippen LogP contribution in [0.5, 0.6) is 0 Å². The second-order valence-electron chi connectivity index (χ2n) is 5.11. The number of carbonyl (C=O) groups excluding carboxylic acids is 1. The summed E-state index contributed by atoms with van der Waals surface area (Å²) in [5, 5.41) is 3.87. The van der Waals surface area contributed by atoms with E-state index in [2.05, 4.69) is 15.3 Å². The van der Waals surface area contributed by atoms with Gasteiger partial charge in [0.2, 0.25) is 0 Å². The number of nitrogens with one attached hydrogen (secondary N) is 2. The Morgan fingerprint density at radius 3 is 3.09 bits per heavy atom. The van der Waals surface area contributed by atoms with Gasteiger partial charge in [0.1, 0.15) is 0 Å². The van der Waals surface area contributed by atoms with Crippen molar-refractivity contribution >= 4 is 16.8 Å². The highest BCUT2D eigenvalue weighted by Gasteiger charge is 2.07. The predicted molar refractivity (Wildman–Crippen MR) is 83.9 cm³/mol. The molecule has 0 aliphatic heterocycles. The van der Waals surface area contributed by atoms with Gasteiger partial charge in [-0.15, -0.1) is 0 Å². The van der Waals surface area contributed by atoms with Crippen molar-refractivity contribution in [1.29, 1.82) is 0 Å². The van der Waals surface area contributed by atoms with Gasteiger partial charge in [-0.3, -0.25) is 14.2 Å². The molecule has 0 saturated heterocycles. The van der Waals surface area contributed by atoms with E-state index in [0.717, 1.165) is 10.9 Å². The number of aromatic amines is 1. The van der Waals surface area contributed by atoms with Gasteiger partial charge in [0.25, 0.3) is 11.5 Å². The van der Waals surface area contributed by atoms with Gasteiger partial charge in [-0.2, -0.15) is 0 Å². The molecule has 0 atom stereocenters. The van der Waals surface area contributed by atoms with Gasteiger partial charge >= 0.3 is 0 Å². The zero-order chi connectivity index (χ0) is 15.5. The van der Waals surface area contributed by atoms with E-state index in [1.165, 1.54) is 17.1 Å². The van der Waals surface area contributed by atoms with Crippen LogP contribution in [-0.4, -0.2) is 27.0 Å². The molecule has 0 radical (unpaired) electrons. The zero-order valence-corrected chi connectivity index (χ0v) is 12.2. The van der Waals surface area contributed by atoms with Crippen molar-refractivity contribution in [2.24, 2.45) is 0 Å². The van der Waals surface area contributed by atoms with Gasteiger partial charge in [0.15, 0.2) is 0 Å². The fourth-order valence-corrected chi connectivity index (χ4v) is 2.30. The van der Waals surface area contributed by atoms with Crippen molar-refractivity contribution in [2.75, 3.05) is 6.54 Å². The maximum atomic E-state index is 12.1. The van der Waals surface area contributed by atoms with Crippen LogP contribution in [0.15, 0.2) is 47.8 Å². The van der Waals surface area contributed by atoms with Crippen molar-refractivity contribution in [3.63, 3.8) is 0 Å². The molecule has 1 aromatic carbocycles. The van der Waals surface area contributed by atoms with Gasteiger partial charge in [0.05, 0.1) is 6.33 Å². The molecule has 3 rings (SSSR count). The summed E-state index contributed by atoms with van der Waals surface area (Å²) in [5.74, 6) is -0.162. The number of fused-ring (bicyclic) bond motifs is 1. The maximum Gasteiger partial charge on any atom is 0.256 e. The summed E-state index contributed by atoms with van der Waals surface area (Å²) in [5.41, 5.74) is 2.01. The van der Waals surface area contributed by atoms with Crippen molar-refractivity contribution in [1.82, 2.24) is 19.9 Å². The summed E-state index contributed by atoms with van der Waals surface area (Å²) < 4.78 is 1.49. The summed E-state index contributed by atoms with van der Waals surface area (Å²) in [6.07, 6.45) is 4.85. The fourth-order valence-electron chi connectivity index (χ4n) is 2.30. The number of aromatic nitrogens is 3. The first kappa shape index (κ1) is 14.1. The highest BCUT2D eigenvalue weighted by Crippen LogP contribution is 2.13. The Balaban J connectivity index is 1.64. The molecule has 0 aliphatic carbocycles. The van der Waals surface area contributed by atoms with Crippen LogP contribution in [0.2, 0.25) is 0 Å². The molecule has 0 spiro atoms. The smallest absolute Gasteiger partial charge is 0.256 e. The van der Waals surface area contributed by atoms with Crippen LogP contribution in [0.4, 0.5) is 0 Å². The number of amides is 1. The summed E-state index contributed by atoms with van der Waals surface area (Å²) in [6, 6.07) is 7.45. The average Bonchev–Trinajstić information content (AvgIpc) is 2.98. The van der Waals surface area contributed by atoms with E-state index in [4.69, 9.17) is 0 Å². The van der Waals surface area contributed by atoms with Crippen LogP contribution in [0.1, 0.15) is 15.9 Å². The lowest BCUT2D eigenvalue weighted by Crippen LogP contribution is -2.31. The summed E-state index contributed by atoms with van der Waals surface area (Å²) >= 11 is 0. The first-order valence-electron chi connectivity index (χ1n) is 7.01. The fraction of sp³-hybridized carbons (Fsp3) is 0.188. The Morgan fingerprint density at radius 2 is 2.23 bits per heavy atom. The van der Waals surface area contributed by atoms with E-state index in [0.29, 0.717) is 24.2 Å². The molecule has 0 bridgehead atoms. The monoisotopic (exact) mass is 296 g/mol. The van der Waals surface area contributed by atoms with Crippen molar-refractivity contribution in [3.8, 4) is 0 Å². The van der Waals surface area contributed by atoms with Crippen molar-refractivity contribution in [3.05, 3.63) is 64.5 Å². The van der Waals surface area contributed by atoms with Crippen molar-refractivity contribution in [2.45, 2.75) is 13.5 Å². The molecule has 6 heteroatoms. The Hall–Kier alpha value is -2.89. The second kappa shape index (κ2) is 5.85. The molecule has 22 heavy (non-hydrogen) atoms. The quantitative estimate of drug-likeness (QED) is 0.765. The summed E-state index contributed by atoms with van der Waals surface area (Å²) in [7, 11) is 0.